The molecule has 0 radical (unpaired) electrons. The van der Waals surface area contributed by atoms with E-state index < -0.39 is 5.97 Å². The zero-order valence-electron chi connectivity index (χ0n) is 16.6. The zero-order valence-corrected chi connectivity index (χ0v) is 16.6. The highest BCUT2D eigenvalue weighted by molar-refractivity contribution is 5.94. The number of nitrogens with zero attached hydrogens (tertiary/aromatic N) is 3. The summed E-state index contributed by atoms with van der Waals surface area (Å²) in [6.45, 7) is 7.67. The molecule has 1 aliphatic heterocycles. The minimum atomic E-state index is -0.817. The van der Waals surface area contributed by atoms with Gasteiger partial charge in [-0.1, -0.05) is 6.92 Å². The molecule has 7 heteroatoms. The van der Waals surface area contributed by atoms with E-state index in [1.807, 2.05) is 47.7 Å². The van der Waals surface area contributed by atoms with Crippen LogP contribution in [0.15, 0.2) is 24.3 Å². The van der Waals surface area contributed by atoms with Crippen molar-refractivity contribution in [3.8, 4) is 5.69 Å². The highest BCUT2D eigenvalue weighted by Gasteiger charge is 2.26. The first kappa shape index (κ1) is 20.1. The number of aliphatic carboxylic acids is 1. The van der Waals surface area contributed by atoms with E-state index in [1.165, 1.54) is 0 Å². The van der Waals surface area contributed by atoms with Gasteiger partial charge in [-0.05, 0) is 56.5 Å². The molecule has 2 aromatic rings. The highest BCUT2D eigenvalue weighted by atomic mass is 16.5. The SMILES string of the molecule is CCC1COCCN1C(=O)c1ccc(-n2nc(C)c(CCC(=O)O)c2C)cc1. The number of ether oxygens (including phenoxy) is 1. The van der Waals surface area contributed by atoms with Crippen LogP contribution in [0.3, 0.4) is 0 Å². The van der Waals surface area contributed by atoms with E-state index in [-0.39, 0.29) is 18.4 Å². The molecule has 0 bridgehead atoms. The van der Waals surface area contributed by atoms with Crippen LogP contribution in [0.25, 0.3) is 5.69 Å². The van der Waals surface area contributed by atoms with Crippen LogP contribution >= 0.6 is 0 Å². The number of rotatable bonds is 6. The third-order valence-electron chi connectivity index (χ3n) is 5.35. The number of carboxylic acids is 1. The maximum atomic E-state index is 12.9. The summed E-state index contributed by atoms with van der Waals surface area (Å²) in [6, 6.07) is 7.54. The maximum Gasteiger partial charge on any atom is 0.303 e. The second-order valence-corrected chi connectivity index (χ2v) is 7.14. The minimum absolute atomic E-state index is 0.0252. The summed E-state index contributed by atoms with van der Waals surface area (Å²) in [7, 11) is 0. The van der Waals surface area contributed by atoms with Crippen LogP contribution in [-0.2, 0) is 16.0 Å². The second-order valence-electron chi connectivity index (χ2n) is 7.14. The van der Waals surface area contributed by atoms with Crippen molar-refractivity contribution in [2.24, 2.45) is 0 Å². The van der Waals surface area contributed by atoms with Crippen molar-refractivity contribution in [1.29, 1.82) is 0 Å². The zero-order chi connectivity index (χ0) is 20.3. The highest BCUT2D eigenvalue weighted by Crippen LogP contribution is 2.21. The van der Waals surface area contributed by atoms with Crippen LogP contribution in [-0.4, -0.2) is 57.5 Å². The van der Waals surface area contributed by atoms with E-state index in [0.29, 0.717) is 31.7 Å². The second kappa shape index (κ2) is 8.56. The van der Waals surface area contributed by atoms with Crippen LogP contribution in [0.4, 0.5) is 0 Å². The van der Waals surface area contributed by atoms with Crippen molar-refractivity contribution < 1.29 is 19.4 Å². The van der Waals surface area contributed by atoms with Crippen LogP contribution < -0.4 is 0 Å². The fourth-order valence-corrected chi connectivity index (χ4v) is 3.69. The summed E-state index contributed by atoms with van der Waals surface area (Å²) in [5.74, 6) is -0.792. The number of carbonyl (C=O) groups is 2. The van der Waals surface area contributed by atoms with E-state index in [4.69, 9.17) is 9.84 Å². The lowest BCUT2D eigenvalue weighted by atomic mass is 10.1. The lowest BCUT2D eigenvalue weighted by Crippen LogP contribution is -2.48. The molecule has 1 atom stereocenters. The van der Waals surface area contributed by atoms with Crippen LogP contribution in [0.5, 0.6) is 0 Å². The molecule has 1 amide bonds. The van der Waals surface area contributed by atoms with Gasteiger partial charge in [0, 0.05) is 24.2 Å². The Balaban J connectivity index is 1.80. The van der Waals surface area contributed by atoms with Crippen LogP contribution in [0.2, 0.25) is 0 Å². The summed E-state index contributed by atoms with van der Waals surface area (Å²) in [5.41, 5.74) is 4.22. The maximum absolute atomic E-state index is 12.9. The Morgan fingerprint density at radius 3 is 2.61 bits per heavy atom. The van der Waals surface area contributed by atoms with Crippen molar-refractivity contribution >= 4 is 11.9 Å². The molecule has 1 aliphatic rings. The smallest absolute Gasteiger partial charge is 0.303 e. The summed E-state index contributed by atoms with van der Waals surface area (Å²) >= 11 is 0. The molecule has 7 nitrogen and oxygen atoms in total. The molecule has 0 aliphatic carbocycles. The molecule has 1 aromatic carbocycles. The van der Waals surface area contributed by atoms with Gasteiger partial charge in [-0.25, -0.2) is 4.68 Å². The van der Waals surface area contributed by atoms with Crippen molar-refractivity contribution in [3.05, 3.63) is 46.8 Å². The number of aromatic nitrogens is 2. The first-order chi connectivity index (χ1) is 13.4. The van der Waals surface area contributed by atoms with Gasteiger partial charge >= 0.3 is 5.97 Å². The topological polar surface area (TPSA) is 84.7 Å². The molecule has 1 aromatic heterocycles. The van der Waals surface area contributed by atoms with Crippen LogP contribution in [0, 0.1) is 13.8 Å². The standard InChI is InChI=1S/C21H27N3O4/c1-4-17-13-28-12-11-23(17)21(27)16-5-7-18(8-6-16)24-15(3)19(14(2)22-24)9-10-20(25)26/h5-8,17H,4,9-13H2,1-3H3,(H,25,26). The number of hydrogen-bond acceptors (Lipinski definition) is 4. The lowest BCUT2D eigenvalue weighted by molar-refractivity contribution is -0.136. The number of morpholine rings is 1. The average Bonchev–Trinajstić information content (AvgIpc) is 2.99. The van der Waals surface area contributed by atoms with Gasteiger partial charge in [-0.15, -0.1) is 0 Å². The Morgan fingerprint density at radius 1 is 1.25 bits per heavy atom. The minimum Gasteiger partial charge on any atom is -0.481 e. The Kier molecular flexibility index (Phi) is 6.14. The summed E-state index contributed by atoms with van der Waals surface area (Å²) < 4.78 is 7.30. The van der Waals surface area contributed by atoms with Gasteiger partial charge in [0.15, 0.2) is 0 Å². The van der Waals surface area contributed by atoms with Gasteiger partial charge in [0.2, 0.25) is 0 Å². The van der Waals surface area contributed by atoms with Gasteiger partial charge in [0.05, 0.1) is 30.6 Å². The van der Waals surface area contributed by atoms with E-state index in [1.54, 1.807) is 0 Å². The van der Waals surface area contributed by atoms with E-state index in [0.717, 1.165) is 29.1 Å². The molecule has 1 saturated heterocycles. The first-order valence-electron chi connectivity index (χ1n) is 9.68. The number of benzene rings is 1. The molecule has 1 unspecified atom stereocenters. The number of carboxylic acid groups (broad SMARTS) is 1. The van der Waals surface area contributed by atoms with Gasteiger partial charge in [0.1, 0.15) is 0 Å². The molecule has 0 saturated carbocycles. The van der Waals surface area contributed by atoms with Gasteiger partial charge in [-0.3, -0.25) is 9.59 Å². The number of hydrogen-bond donors (Lipinski definition) is 1. The monoisotopic (exact) mass is 385 g/mol. The average molecular weight is 385 g/mol. The third kappa shape index (κ3) is 4.09. The van der Waals surface area contributed by atoms with Gasteiger partial charge in [-0.2, -0.15) is 5.10 Å². The number of carbonyl (C=O) groups excluding carboxylic acids is 1. The molecule has 1 fully saturated rings. The van der Waals surface area contributed by atoms with E-state index >= 15 is 0 Å². The normalized spacial score (nSPS) is 17.0. The quantitative estimate of drug-likeness (QED) is 0.826. The Hall–Kier alpha value is -2.67. The van der Waals surface area contributed by atoms with Gasteiger partial charge < -0.3 is 14.7 Å². The summed E-state index contributed by atoms with van der Waals surface area (Å²) in [5, 5.41) is 13.5. The first-order valence-corrected chi connectivity index (χ1v) is 9.68. The molecule has 1 N–H and O–H groups in total. The molecule has 28 heavy (non-hydrogen) atoms. The van der Waals surface area contributed by atoms with Gasteiger partial charge in [0.25, 0.3) is 5.91 Å². The predicted molar refractivity (Wildman–Crippen MR) is 105 cm³/mol. The van der Waals surface area contributed by atoms with Crippen molar-refractivity contribution in [1.82, 2.24) is 14.7 Å². The molecular weight excluding hydrogens is 358 g/mol. The van der Waals surface area contributed by atoms with E-state index in [2.05, 4.69) is 12.0 Å². The third-order valence-corrected chi connectivity index (χ3v) is 5.35. The van der Waals surface area contributed by atoms with Crippen molar-refractivity contribution in [3.63, 3.8) is 0 Å². The fraction of sp³-hybridized carbons (Fsp3) is 0.476. The molecule has 2 heterocycles. The largest absolute Gasteiger partial charge is 0.481 e. The Morgan fingerprint density at radius 2 is 1.96 bits per heavy atom. The van der Waals surface area contributed by atoms with Crippen LogP contribution in [0.1, 0.15) is 47.1 Å². The Labute approximate surface area is 164 Å². The van der Waals surface area contributed by atoms with Crippen molar-refractivity contribution in [2.75, 3.05) is 19.8 Å². The van der Waals surface area contributed by atoms with Crippen molar-refractivity contribution in [2.45, 2.75) is 46.1 Å². The molecule has 3 rings (SSSR count). The number of aryl methyl sites for hydroxylation is 1. The lowest BCUT2D eigenvalue weighted by Gasteiger charge is -2.35. The fourth-order valence-electron chi connectivity index (χ4n) is 3.69. The molecule has 150 valence electrons. The molecular formula is C21H27N3O4. The predicted octanol–water partition coefficient (Wildman–Crippen LogP) is 2.76. The summed E-state index contributed by atoms with van der Waals surface area (Å²) in [6.07, 6.45) is 1.41. The number of amides is 1. The Bertz CT molecular complexity index is 857. The molecule has 0 spiro atoms. The summed E-state index contributed by atoms with van der Waals surface area (Å²) in [4.78, 5) is 25.7. The van der Waals surface area contributed by atoms with E-state index in [9.17, 15) is 9.59 Å².